The Morgan fingerprint density at radius 1 is 1.23 bits per heavy atom. The molecule has 1 amide bonds. The lowest BCUT2D eigenvalue weighted by Crippen LogP contribution is -2.36. The van der Waals surface area contributed by atoms with Crippen molar-refractivity contribution < 1.29 is 27.9 Å². The molecule has 2 rings (SSSR count). The zero-order chi connectivity index (χ0) is 19.6. The van der Waals surface area contributed by atoms with Gasteiger partial charge in [0.2, 0.25) is 0 Å². The minimum absolute atomic E-state index is 0.0433. The average Bonchev–Trinajstić information content (AvgIpc) is 2.86. The largest absolute Gasteiger partial charge is 0.481 e. The predicted octanol–water partition coefficient (Wildman–Crippen LogP) is 3.77. The summed E-state index contributed by atoms with van der Waals surface area (Å²) >= 11 is 0. The lowest BCUT2D eigenvalue weighted by Gasteiger charge is -2.24. The van der Waals surface area contributed by atoms with Crippen molar-refractivity contribution >= 4 is 22.8 Å². The molecule has 1 aromatic heterocycles. The fraction of sp³-hybridized carbons (Fsp3) is 0.444. The Balaban J connectivity index is 2.40. The number of carbonyl (C=O) groups is 2. The number of benzene rings is 1. The molecular formula is C18H21F3N2O3. The van der Waals surface area contributed by atoms with E-state index < -0.39 is 23.6 Å². The van der Waals surface area contributed by atoms with Crippen molar-refractivity contribution in [3.05, 3.63) is 35.5 Å². The molecule has 0 saturated carbocycles. The summed E-state index contributed by atoms with van der Waals surface area (Å²) in [5, 5.41) is 9.19. The van der Waals surface area contributed by atoms with Gasteiger partial charge in [-0.15, -0.1) is 0 Å². The van der Waals surface area contributed by atoms with E-state index in [2.05, 4.69) is 0 Å². The van der Waals surface area contributed by atoms with Crippen molar-refractivity contribution in [2.24, 2.45) is 13.0 Å². The number of halogens is 3. The monoisotopic (exact) mass is 370 g/mol. The zero-order valence-corrected chi connectivity index (χ0v) is 14.8. The molecule has 1 aromatic carbocycles. The quantitative estimate of drug-likeness (QED) is 0.842. The van der Waals surface area contributed by atoms with Crippen LogP contribution in [0.3, 0.4) is 0 Å². The number of carboxylic acids is 1. The van der Waals surface area contributed by atoms with E-state index in [1.807, 2.05) is 13.8 Å². The summed E-state index contributed by atoms with van der Waals surface area (Å²) in [5.74, 6) is -1.29. The molecule has 2 aromatic rings. The molecule has 0 aliphatic carbocycles. The van der Waals surface area contributed by atoms with Crippen LogP contribution >= 0.6 is 0 Å². The first-order chi connectivity index (χ1) is 12.0. The van der Waals surface area contributed by atoms with E-state index in [-0.39, 0.29) is 24.6 Å². The second-order valence-electron chi connectivity index (χ2n) is 6.65. The third kappa shape index (κ3) is 4.36. The standard InChI is InChI=1S/C18H21F3N2O3/c1-11(2)10-23(7-6-16(24)25)17(26)15-9-12-8-13(18(19,20)21)4-5-14(12)22(15)3/h4-5,8-9,11H,6-7,10H2,1-3H3,(H,24,25). The molecule has 0 aliphatic heterocycles. The van der Waals surface area contributed by atoms with Gasteiger partial charge in [0.1, 0.15) is 5.69 Å². The van der Waals surface area contributed by atoms with Gasteiger partial charge in [-0.2, -0.15) is 13.2 Å². The Labute approximate surface area is 149 Å². The minimum atomic E-state index is -4.46. The highest BCUT2D eigenvalue weighted by atomic mass is 19.4. The number of carboxylic acid groups (broad SMARTS) is 1. The maximum Gasteiger partial charge on any atom is 0.416 e. The summed E-state index contributed by atoms with van der Waals surface area (Å²) in [4.78, 5) is 25.1. The number of nitrogens with zero attached hydrogens (tertiary/aromatic N) is 2. The molecule has 26 heavy (non-hydrogen) atoms. The number of fused-ring (bicyclic) bond motifs is 1. The molecule has 0 bridgehead atoms. The second kappa shape index (κ2) is 7.39. The maximum atomic E-state index is 12.9. The van der Waals surface area contributed by atoms with Crippen LogP contribution in [-0.4, -0.2) is 39.5 Å². The Hall–Kier alpha value is -2.51. The van der Waals surface area contributed by atoms with Crippen molar-refractivity contribution in [2.45, 2.75) is 26.4 Å². The van der Waals surface area contributed by atoms with E-state index in [1.165, 1.54) is 21.6 Å². The van der Waals surface area contributed by atoms with Crippen LogP contribution in [0.4, 0.5) is 13.2 Å². The topological polar surface area (TPSA) is 62.5 Å². The Morgan fingerprint density at radius 2 is 1.88 bits per heavy atom. The Kier molecular flexibility index (Phi) is 5.63. The molecule has 0 atom stereocenters. The number of carbonyl (C=O) groups excluding carboxylic acids is 1. The SMILES string of the molecule is CC(C)CN(CCC(=O)O)C(=O)c1cc2cc(C(F)(F)F)ccc2n1C. The zero-order valence-electron chi connectivity index (χ0n) is 14.8. The molecule has 5 nitrogen and oxygen atoms in total. The summed E-state index contributed by atoms with van der Waals surface area (Å²) in [7, 11) is 1.60. The first kappa shape index (κ1) is 19.8. The molecule has 0 radical (unpaired) electrons. The fourth-order valence-electron chi connectivity index (χ4n) is 2.84. The van der Waals surface area contributed by atoms with Crippen LogP contribution in [0.1, 0.15) is 36.3 Å². The van der Waals surface area contributed by atoms with Crippen LogP contribution in [0.15, 0.2) is 24.3 Å². The van der Waals surface area contributed by atoms with Gasteiger partial charge >= 0.3 is 12.1 Å². The van der Waals surface area contributed by atoms with Crippen LogP contribution in [0.2, 0.25) is 0 Å². The molecule has 0 spiro atoms. The third-order valence-electron chi connectivity index (χ3n) is 4.06. The third-order valence-corrected chi connectivity index (χ3v) is 4.06. The second-order valence-corrected chi connectivity index (χ2v) is 6.65. The average molecular weight is 370 g/mol. The molecule has 8 heteroatoms. The molecular weight excluding hydrogens is 349 g/mol. The molecule has 1 N–H and O–H groups in total. The first-order valence-corrected chi connectivity index (χ1v) is 8.18. The van der Waals surface area contributed by atoms with Gasteiger partial charge in [0.05, 0.1) is 12.0 Å². The van der Waals surface area contributed by atoms with Crippen molar-refractivity contribution in [1.29, 1.82) is 0 Å². The van der Waals surface area contributed by atoms with Gasteiger partial charge in [0.25, 0.3) is 5.91 Å². The van der Waals surface area contributed by atoms with E-state index in [0.29, 0.717) is 17.4 Å². The van der Waals surface area contributed by atoms with Gasteiger partial charge in [0.15, 0.2) is 0 Å². The highest BCUT2D eigenvalue weighted by molar-refractivity contribution is 5.99. The van der Waals surface area contributed by atoms with Crippen LogP contribution in [0, 0.1) is 5.92 Å². The molecule has 0 saturated heterocycles. The number of hydrogen-bond donors (Lipinski definition) is 1. The molecule has 0 unspecified atom stereocenters. The normalized spacial score (nSPS) is 12.0. The van der Waals surface area contributed by atoms with Crippen LogP contribution < -0.4 is 0 Å². The van der Waals surface area contributed by atoms with Gasteiger partial charge in [-0.25, -0.2) is 0 Å². The van der Waals surface area contributed by atoms with E-state index >= 15 is 0 Å². The van der Waals surface area contributed by atoms with E-state index in [9.17, 15) is 22.8 Å². The summed E-state index contributed by atoms with van der Waals surface area (Å²) in [5.41, 5.74) is -0.0473. The number of aryl methyl sites for hydroxylation is 1. The van der Waals surface area contributed by atoms with Crippen molar-refractivity contribution in [1.82, 2.24) is 9.47 Å². The number of hydrogen-bond acceptors (Lipinski definition) is 2. The van der Waals surface area contributed by atoms with Crippen molar-refractivity contribution in [3.63, 3.8) is 0 Å². The summed E-state index contributed by atoms with van der Waals surface area (Å²) in [6.45, 7) is 4.21. The number of aliphatic carboxylic acids is 1. The van der Waals surface area contributed by atoms with E-state index in [1.54, 1.807) is 7.05 Å². The van der Waals surface area contributed by atoms with Crippen LogP contribution in [0.5, 0.6) is 0 Å². The van der Waals surface area contributed by atoms with Gasteiger partial charge in [-0.1, -0.05) is 13.8 Å². The number of amides is 1. The van der Waals surface area contributed by atoms with E-state index in [4.69, 9.17) is 5.11 Å². The maximum absolute atomic E-state index is 12.9. The van der Waals surface area contributed by atoms with Crippen molar-refractivity contribution in [3.8, 4) is 0 Å². The molecule has 1 heterocycles. The number of rotatable bonds is 6. The minimum Gasteiger partial charge on any atom is -0.481 e. The van der Waals surface area contributed by atoms with Crippen LogP contribution in [-0.2, 0) is 18.0 Å². The molecule has 0 fully saturated rings. The highest BCUT2D eigenvalue weighted by Crippen LogP contribution is 2.32. The Bertz CT molecular complexity index is 825. The summed E-state index contributed by atoms with van der Waals surface area (Å²) < 4.78 is 40.2. The summed E-state index contributed by atoms with van der Waals surface area (Å²) in [6.07, 6.45) is -4.65. The van der Waals surface area contributed by atoms with E-state index in [0.717, 1.165) is 12.1 Å². The van der Waals surface area contributed by atoms with Crippen LogP contribution in [0.25, 0.3) is 10.9 Å². The molecule has 0 aliphatic rings. The highest BCUT2D eigenvalue weighted by Gasteiger charge is 2.31. The van der Waals surface area contributed by atoms with Gasteiger partial charge in [-0.3, -0.25) is 9.59 Å². The number of alkyl halides is 3. The molecule has 142 valence electrons. The first-order valence-electron chi connectivity index (χ1n) is 8.18. The predicted molar refractivity (Wildman–Crippen MR) is 90.9 cm³/mol. The van der Waals surface area contributed by atoms with Gasteiger partial charge < -0.3 is 14.6 Å². The summed E-state index contributed by atoms with van der Waals surface area (Å²) in [6, 6.07) is 4.74. The van der Waals surface area contributed by atoms with Crippen molar-refractivity contribution in [2.75, 3.05) is 13.1 Å². The lowest BCUT2D eigenvalue weighted by atomic mass is 10.1. The van der Waals surface area contributed by atoms with Gasteiger partial charge in [-0.05, 0) is 30.2 Å². The smallest absolute Gasteiger partial charge is 0.416 e. The lowest BCUT2D eigenvalue weighted by molar-refractivity contribution is -0.138. The number of aromatic nitrogens is 1. The Morgan fingerprint density at radius 3 is 2.42 bits per heavy atom. The van der Waals surface area contributed by atoms with Gasteiger partial charge in [0, 0.05) is 31.0 Å². The fourth-order valence-corrected chi connectivity index (χ4v) is 2.84.